The summed E-state index contributed by atoms with van der Waals surface area (Å²) < 4.78 is 49.1. The van der Waals surface area contributed by atoms with E-state index < -0.39 is 17.7 Å². The highest BCUT2D eigenvalue weighted by Gasteiger charge is 2.32. The van der Waals surface area contributed by atoms with Gasteiger partial charge >= 0.3 is 0 Å². The van der Waals surface area contributed by atoms with E-state index in [9.17, 15) is 17.6 Å². The summed E-state index contributed by atoms with van der Waals surface area (Å²) >= 11 is 0.365. The number of alkyl halides is 4. The van der Waals surface area contributed by atoms with Crippen LogP contribution in [0.15, 0.2) is 29.2 Å². The van der Waals surface area contributed by atoms with Crippen LogP contribution in [-0.2, 0) is 5.54 Å². The normalized spacial score (nSPS) is 15.5. The fourth-order valence-corrected chi connectivity index (χ4v) is 1.62. The monoisotopic (exact) mass is 253 g/mol. The Morgan fingerprint density at radius 3 is 2.00 bits per heavy atom. The maximum Gasteiger partial charge on any atom is 0.288 e. The molecule has 0 heterocycles. The summed E-state index contributed by atoms with van der Waals surface area (Å²) in [7, 11) is 0. The lowest BCUT2D eigenvalue weighted by Gasteiger charge is -2.24. The van der Waals surface area contributed by atoms with Gasteiger partial charge in [0.05, 0.1) is 5.54 Å². The summed E-state index contributed by atoms with van der Waals surface area (Å²) in [5.41, 5.74) is 3.89. The van der Waals surface area contributed by atoms with Crippen molar-refractivity contribution < 1.29 is 17.6 Å². The molecule has 1 unspecified atom stereocenters. The van der Waals surface area contributed by atoms with Gasteiger partial charge in [0.15, 0.2) is 0 Å². The van der Waals surface area contributed by atoms with E-state index in [0.717, 1.165) is 0 Å². The SMILES string of the molecule is CC(N)(c1ccc(SC(F)F)cc1)C(F)F. The molecule has 0 fully saturated rings. The molecule has 0 saturated heterocycles. The second-order valence-corrected chi connectivity index (χ2v) is 4.55. The first-order valence-electron chi connectivity index (χ1n) is 4.46. The average molecular weight is 253 g/mol. The molecule has 0 radical (unpaired) electrons. The number of thioether (sulfide) groups is 1. The molecule has 0 aliphatic rings. The molecule has 0 bridgehead atoms. The summed E-state index contributed by atoms with van der Waals surface area (Å²) in [5, 5.41) is 0. The molecule has 0 aliphatic heterocycles. The molecule has 2 N–H and O–H groups in total. The molecule has 6 heteroatoms. The summed E-state index contributed by atoms with van der Waals surface area (Å²) in [6.45, 7) is 1.20. The van der Waals surface area contributed by atoms with Gasteiger partial charge in [-0.1, -0.05) is 23.9 Å². The first kappa shape index (κ1) is 13.3. The highest BCUT2D eigenvalue weighted by atomic mass is 32.2. The van der Waals surface area contributed by atoms with Crippen molar-refractivity contribution >= 4 is 11.8 Å². The molecule has 1 aromatic carbocycles. The highest BCUT2D eigenvalue weighted by Crippen LogP contribution is 2.29. The smallest absolute Gasteiger partial charge is 0.288 e. The van der Waals surface area contributed by atoms with E-state index in [1.807, 2.05) is 0 Å². The number of hydrogen-bond donors (Lipinski definition) is 1. The van der Waals surface area contributed by atoms with Gasteiger partial charge in [0.1, 0.15) is 0 Å². The number of halogens is 4. The molecule has 0 saturated carbocycles. The van der Waals surface area contributed by atoms with E-state index in [0.29, 0.717) is 16.7 Å². The molecule has 1 aromatic rings. The van der Waals surface area contributed by atoms with Gasteiger partial charge in [-0.15, -0.1) is 0 Å². The van der Waals surface area contributed by atoms with E-state index >= 15 is 0 Å². The van der Waals surface area contributed by atoms with Crippen LogP contribution in [0.3, 0.4) is 0 Å². The second-order valence-electron chi connectivity index (χ2n) is 3.49. The van der Waals surface area contributed by atoms with Crippen LogP contribution in [0, 0.1) is 0 Å². The third kappa shape index (κ3) is 3.12. The third-order valence-corrected chi connectivity index (χ3v) is 2.88. The Morgan fingerprint density at radius 1 is 1.12 bits per heavy atom. The lowest BCUT2D eigenvalue weighted by atomic mass is 9.94. The zero-order chi connectivity index (χ0) is 12.3. The first-order chi connectivity index (χ1) is 7.34. The van der Waals surface area contributed by atoms with Crippen LogP contribution in [-0.4, -0.2) is 12.2 Å². The number of rotatable bonds is 4. The quantitative estimate of drug-likeness (QED) is 0.657. The Hall–Kier alpha value is -0.750. The van der Waals surface area contributed by atoms with Gasteiger partial charge in [-0.3, -0.25) is 0 Å². The molecule has 0 spiro atoms. The largest absolute Gasteiger partial charge is 0.317 e. The zero-order valence-corrected chi connectivity index (χ0v) is 9.28. The topological polar surface area (TPSA) is 26.0 Å². The van der Waals surface area contributed by atoms with Crippen molar-refractivity contribution in [3.05, 3.63) is 29.8 Å². The summed E-state index contributed by atoms with van der Waals surface area (Å²) in [4.78, 5) is 0.323. The number of nitrogens with two attached hydrogens (primary N) is 1. The molecular weight excluding hydrogens is 242 g/mol. The van der Waals surface area contributed by atoms with Crippen molar-refractivity contribution in [2.24, 2.45) is 5.73 Å². The van der Waals surface area contributed by atoms with E-state index in [-0.39, 0.29) is 5.56 Å². The van der Waals surface area contributed by atoms with Gasteiger partial charge in [-0.25, -0.2) is 8.78 Å². The summed E-state index contributed by atoms with van der Waals surface area (Å²) in [6.07, 6.45) is -2.71. The number of benzene rings is 1. The van der Waals surface area contributed by atoms with Gasteiger partial charge in [0.25, 0.3) is 12.2 Å². The van der Waals surface area contributed by atoms with Gasteiger partial charge in [0.2, 0.25) is 0 Å². The van der Waals surface area contributed by atoms with E-state index in [2.05, 4.69) is 0 Å². The lowest BCUT2D eigenvalue weighted by molar-refractivity contribution is 0.0625. The van der Waals surface area contributed by atoms with Crippen molar-refractivity contribution in [3.63, 3.8) is 0 Å². The Bertz CT molecular complexity index is 337. The molecule has 90 valence electrons. The minimum Gasteiger partial charge on any atom is -0.317 e. The average Bonchev–Trinajstić information content (AvgIpc) is 2.17. The minimum absolute atomic E-state index is 0.223. The molecule has 1 rings (SSSR count). The standard InChI is InChI=1S/C10H11F4NS/c1-10(15,8(11)12)6-2-4-7(5-3-6)16-9(13)14/h2-5,8-9H,15H2,1H3. The summed E-state index contributed by atoms with van der Waals surface area (Å²) in [5.74, 6) is -2.52. The van der Waals surface area contributed by atoms with Crippen LogP contribution >= 0.6 is 11.8 Å². The second kappa shape index (κ2) is 5.05. The van der Waals surface area contributed by atoms with Crippen molar-refractivity contribution in [1.82, 2.24) is 0 Å². The summed E-state index contributed by atoms with van der Waals surface area (Å²) in [6, 6.07) is 5.41. The van der Waals surface area contributed by atoms with Crippen LogP contribution in [0.5, 0.6) is 0 Å². The molecule has 0 aromatic heterocycles. The molecule has 1 nitrogen and oxygen atoms in total. The van der Waals surface area contributed by atoms with Crippen molar-refractivity contribution in [2.45, 2.75) is 29.5 Å². The Labute approximate surface area is 95.0 Å². The lowest BCUT2D eigenvalue weighted by Crippen LogP contribution is -2.40. The van der Waals surface area contributed by atoms with Crippen molar-refractivity contribution in [3.8, 4) is 0 Å². The van der Waals surface area contributed by atoms with Crippen molar-refractivity contribution in [2.75, 3.05) is 0 Å². The molecule has 0 amide bonds. The van der Waals surface area contributed by atoms with Crippen LogP contribution < -0.4 is 5.73 Å². The fourth-order valence-electron chi connectivity index (χ4n) is 1.12. The Kier molecular flexibility index (Phi) is 4.21. The maximum atomic E-state index is 12.6. The highest BCUT2D eigenvalue weighted by molar-refractivity contribution is 7.99. The van der Waals surface area contributed by atoms with Gasteiger partial charge in [-0.2, -0.15) is 8.78 Å². The predicted molar refractivity (Wildman–Crippen MR) is 55.8 cm³/mol. The Balaban J connectivity index is 2.86. The van der Waals surface area contributed by atoms with E-state index in [1.165, 1.54) is 31.2 Å². The van der Waals surface area contributed by atoms with Gasteiger partial charge in [-0.05, 0) is 24.6 Å². The minimum atomic E-state index is -2.71. The number of hydrogen-bond acceptors (Lipinski definition) is 2. The van der Waals surface area contributed by atoms with Gasteiger partial charge < -0.3 is 5.73 Å². The third-order valence-electron chi connectivity index (χ3n) is 2.15. The molecule has 16 heavy (non-hydrogen) atoms. The van der Waals surface area contributed by atoms with Gasteiger partial charge in [0, 0.05) is 4.90 Å². The van der Waals surface area contributed by atoms with Crippen molar-refractivity contribution in [1.29, 1.82) is 0 Å². The molecular formula is C10H11F4NS. The first-order valence-corrected chi connectivity index (χ1v) is 5.34. The van der Waals surface area contributed by atoms with E-state index in [1.54, 1.807) is 0 Å². The molecule has 0 aliphatic carbocycles. The Morgan fingerprint density at radius 2 is 1.62 bits per heavy atom. The van der Waals surface area contributed by atoms with E-state index in [4.69, 9.17) is 5.73 Å². The van der Waals surface area contributed by atoms with Crippen LogP contribution in [0.1, 0.15) is 12.5 Å². The van der Waals surface area contributed by atoms with Crippen LogP contribution in [0.2, 0.25) is 0 Å². The maximum absolute atomic E-state index is 12.6. The van der Waals surface area contributed by atoms with Crippen LogP contribution in [0.4, 0.5) is 17.6 Å². The molecule has 1 atom stereocenters. The predicted octanol–water partition coefficient (Wildman–Crippen LogP) is 3.44. The fraction of sp³-hybridized carbons (Fsp3) is 0.400. The zero-order valence-electron chi connectivity index (χ0n) is 8.46. The van der Waals surface area contributed by atoms with Crippen LogP contribution in [0.25, 0.3) is 0 Å².